The highest BCUT2D eigenvalue weighted by Crippen LogP contribution is 2.41. The van der Waals surface area contributed by atoms with Crippen molar-refractivity contribution in [3.05, 3.63) is 53.2 Å². The van der Waals surface area contributed by atoms with Crippen LogP contribution in [-0.2, 0) is 24.1 Å². The molecule has 0 saturated carbocycles. The first-order valence-corrected chi connectivity index (χ1v) is 18.0. The molecule has 0 spiro atoms. The highest BCUT2D eigenvalue weighted by atomic mass is 16.6. The molecule has 1 amide bonds. The van der Waals surface area contributed by atoms with Crippen molar-refractivity contribution in [1.29, 1.82) is 0 Å². The smallest absolute Gasteiger partial charge is 0.410 e. The van der Waals surface area contributed by atoms with Crippen molar-refractivity contribution in [1.82, 2.24) is 19.8 Å². The molecule has 1 aromatic heterocycles. The topological polar surface area (TPSA) is 74.3 Å². The molecule has 2 atom stereocenters. The van der Waals surface area contributed by atoms with E-state index >= 15 is 0 Å². The summed E-state index contributed by atoms with van der Waals surface area (Å²) in [6.07, 6.45) is 8.52. The third kappa shape index (κ3) is 5.58. The number of benzene rings is 2. The first kappa shape index (κ1) is 30.7. The largest absolute Gasteiger partial charge is 0.461 e. The molecule has 5 aliphatic rings. The van der Waals surface area contributed by atoms with Gasteiger partial charge in [-0.25, -0.2) is 4.79 Å². The van der Waals surface area contributed by atoms with Crippen molar-refractivity contribution in [3.63, 3.8) is 0 Å². The van der Waals surface area contributed by atoms with E-state index < -0.39 is 5.60 Å². The SMILES string of the molecule is CCc1cccc2cccc(N3CCc4c(nc(OCC56CCCN5CCC6)nc4N4C[C@H]5CC[C@@H](C4)N5C(=O)OC(C)(C)C)C3)c12. The van der Waals surface area contributed by atoms with Crippen LogP contribution in [-0.4, -0.2) is 88.4 Å². The monoisotopic (exact) mass is 638 g/mol. The Morgan fingerprint density at radius 3 is 2.38 bits per heavy atom. The van der Waals surface area contributed by atoms with E-state index in [-0.39, 0.29) is 23.7 Å². The molecule has 2 aromatic carbocycles. The van der Waals surface area contributed by atoms with Crippen LogP contribution < -0.4 is 14.5 Å². The van der Waals surface area contributed by atoms with Gasteiger partial charge in [0, 0.05) is 36.3 Å². The number of carbonyl (C=O) groups is 1. The molecule has 3 aromatic rings. The number of amides is 1. The summed E-state index contributed by atoms with van der Waals surface area (Å²) < 4.78 is 12.5. The molecule has 8 rings (SSSR count). The van der Waals surface area contributed by atoms with Crippen molar-refractivity contribution in [3.8, 4) is 6.01 Å². The van der Waals surface area contributed by atoms with Gasteiger partial charge in [-0.3, -0.25) is 9.80 Å². The molecule has 5 aliphatic heterocycles. The average molecular weight is 639 g/mol. The number of hydrogen-bond acceptors (Lipinski definition) is 8. The van der Waals surface area contributed by atoms with Crippen molar-refractivity contribution < 1.29 is 14.3 Å². The maximum atomic E-state index is 13.2. The van der Waals surface area contributed by atoms with Gasteiger partial charge in [0.15, 0.2) is 0 Å². The summed E-state index contributed by atoms with van der Waals surface area (Å²) in [5.41, 5.74) is 4.58. The normalized spacial score (nSPS) is 23.7. The molecule has 0 radical (unpaired) electrons. The summed E-state index contributed by atoms with van der Waals surface area (Å²) in [6, 6.07) is 14.1. The number of fused-ring (bicyclic) bond motifs is 5. The summed E-state index contributed by atoms with van der Waals surface area (Å²) in [4.78, 5) is 33.2. The number of nitrogens with zero attached hydrogens (tertiary/aromatic N) is 6. The maximum absolute atomic E-state index is 13.2. The molecule has 9 heteroatoms. The summed E-state index contributed by atoms with van der Waals surface area (Å²) in [5, 5.41) is 2.64. The van der Waals surface area contributed by atoms with Crippen molar-refractivity contribution in [2.45, 2.75) is 109 Å². The molecule has 0 unspecified atom stereocenters. The van der Waals surface area contributed by atoms with Gasteiger partial charge in [-0.1, -0.05) is 37.3 Å². The number of hydrogen-bond donors (Lipinski definition) is 0. The second-order valence-electron chi connectivity index (χ2n) is 15.5. The van der Waals surface area contributed by atoms with Gasteiger partial charge in [0.25, 0.3) is 0 Å². The number of aromatic nitrogens is 2. The predicted octanol–water partition coefficient (Wildman–Crippen LogP) is 6.35. The highest BCUT2D eigenvalue weighted by molar-refractivity contribution is 5.97. The fourth-order valence-electron chi connectivity index (χ4n) is 9.22. The van der Waals surface area contributed by atoms with Gasteiger partial charge in [-0.2, -0.15) is 9.97 Å². The molecular formula is C38H50N6O3. The second-order valence-corrected chi connectivity index (χ2v) is 15.5. The number of ether oxygens (including phenoxy) is 2. The Bertz CT molecular complexity index is 1640. The van der Waals surface area contributed by atoms with Gasteiger partial charge in [0.1, 0.15) is 18.0 Å². The minimum Gasteiger partial charge on any atom is -0.461 e. The molecule has 9 nitrogen and oxygen atoms in total. The third-order valence-electron chi connectivity index (χ3n) is 11.4. The lowest BCUT2D eigenvalue weighted by atomic mass is 9.95. The fourth-order valence-corrected chi connectivity index (χ4v) is 9.22. The fraction of sp³-hybridized carbons (Fsp3) is 0.605. The average Bonchev–Trinajstić information content (AvgIpc) is 3.72. The lowest BCUT2D eigenvalue weighted by Crippen LogP contribution is -2.57. The van der Waals surface area contributed by atoms with Crippen LogP contribution in [0.3, 0.4) is 0 Å². The van der Waals surface area contributed by atoms with E-state index in [9.17, 15) is 4.79 Å². The number of rotatable bonds is 6. The van der Waals surface area contributed by atoms with E-state index in [2.05, 4.69) is 58.0 Å². The summed E-state index contributed by atoms with van der Waals surface area (Å²) in [6.45, 7) is 14.2. The number of carbonyl (C=O) groups excluding carboxylic acids is 1. The van der Waals surface area contributed by atoms with Crippen LogP contribution in [0.15, 0.2) is 36.4 Å². The molecule has 4 fully saturated rings. The van der Waals surface area contributed by atoms with Crippen molar-refractivity contribution in [2.24, 2.45) is 0 Å². The lowest BCUT2D eigenvalue weighted by molar-refractivity contribution is 0.0122. The summed E-state index contributed by atoms with van der Waals surface area (Å²) in [5.74, 6) is 1.00. The van der Waals surface area contributed by atoms with Gasteiger partial charge in [-0.15, -0.1) is 0 Å². The van der Waals surface area contributed by atoms with E-state index in [0.717, 1.165) is 63.4 Å². The van der Waals surface area contributed by atoms with E-state index in [0.29, 0.717) is 12.6 Å². The second kappa shape index (κ2) is 11.8. The van der Waals surface area contributed by atoms with E-state index in [1.807, 2.05) is 25.7 Å². The van der Waals surface area contributed by atoms with Crippen LogP contribution in [0, 0.1) is 0 Å². The van der Waals surface area contributed by atoms with Crippen LogP contribution in [0.5, 0.6) is 6.01 Å². The van der Waals surface area contributed by atoms with Gasteiger partial charge in [0.05, 0.1) is 29.9 Å². The Balaban J connectivity index is 1.12. The number of aryl methyl sites for hydroxylation is 1. The first-order chi connectivity index (χ1) is 22.7. The minimum atomic E-state index is -0.507. The standard InChI is InChI=1S/C38H50N6O3/c1-5-26-10-6-11-27-12-7-13-32(33(26)27)41-21-16-30-31(24-41)39-35(46-25-38-17-8-19-43(38)20-9-18-38)40-34(30)42-22-28-14-15-29(23-42)44(28)36(45)47-37(2,3)4/h6-7,10-13,28-29H,5,8-9,14-25H2,1-4H3/t28-,29+. The van der Waals surface area contributed by atoms with E-state index in [1.54, 1.807) is 0 Å². The van der Waals surface area contributed by atoms with Crippen LogP contribution in [0.4, 0.5) is 16.3 Å². The minimum absolute atomic E-state index is 0.117. The zero-order valence-corrected chi connectivity index (χ0v) is 28.6. The van der Waals surface area contributed by atoms with Gasteiger partial charge in [-0.05, 0) is 102 Å². The van der Waals surface area contributed by atoms with Gasteiger partial charge in [0.2, 0.25) is 0 Å². The zero-order valence-electron chi connectivity index (χ0n) is 28.6. The summed E-state index contributed by atoms with van der Waals surface area (Å²) >= 11 is 0. The van der Waals surface area contributed by atoms with Crippen LogP contribution in [0.2, 0.25) is 0 Å². The molecule has 4 saturated heterocycles. The van der Waals surface area contributed by atoms with Crippen molar-refractivity contribution >= 4 is 28.4 Å². The Morgan fingerprint density at radius 2 is 1.68 bits per heavy atom. The maximum Gasteiger partial charge on any atom is 0.410 e. The highest BCUT2D eigenvalue weighted by Gasteiger charge is 2.47. The molecular weight excluding hydrogens is 588 g/mol. The zero-order chi connectivity index (χ0) is 32.3. The lowest BCUT2D eigenvalue weighted by Gasteiger charge is -2.43. The Kier molecular flexibility index (Phi) is 7.73. The Morgan fingerprint density at radius 1 is 0.957 bits per heavy atom. The van der Waals surface area contributed by atoms with Crippen LogP contribution in [0.1, 0.15) is 83.0 Å². The quantitative estimate of drug-likeness (QED) is 0.309. The Hall–Kier alpha value is -3.59. The third-order valence-corrected chi connectivity index (χ3v) is 11.4. The number of piperazine rings is 1. The van der Waals surface area contributed by atoms with E-state index in [1.165, 1.54) is 66.4 Å². The number of anilines is 2. The molecule has 250 valence electrons. The molecule has 47 heavy (non-hydrogen) atoms. The summed E-state index contributed by atoms with van der Waals surface area (Å²) in [7, 11) is 0. The van der Waals surface area contributed by atoms with Crippen molar-refractivity contribution in [2.75, 3.05) is 49.1 Å². The molecule has 6 heterocycles. The van der Waals surface area contributed by atoms with Gasteiger partial charge < -0.3 is 19.3 Å². The Labute approximate surface area is 279 Å². The molecule has 2 bridgehead atoms. The molecule has 0 aliphatic carbocycles. The van der Waals surface area contributed by atoms with E-state index in [4.69, 9.17) is 19.4 Å². The predicted molar refractivity (Wildman–Crippen MR) is 185 cm³/mol. The van der Waals surface area contributed by atoms with Crippen LogP contribution >= 0.6 is 0 Å². The van der Waals surface area contributed by atoms with Crippen LogP contribution in [0.25, 0.3) is 10.8 Å². The molecule has 0 N–H and O–H groups in total. The first-order valence-electron chi connectivity index (χ1n) is 18.0. The van der Waals surface area contributed by atoms with Gasteiger partial charge >= 0.3 is 12.1 Å².